The lowest BCUT2D eigenvalue weighted by atomic mass is 9.99. The highest BCUT2D eigenvalue weighted by Gasteiger charge is 2.27. The van der Waals surface area contributed by atoms with E-state index in [1.165, 1.54) is 12.2 Å². The van der Waals surface area contributed by atoms with Crippen LogP contribution in [0.4, 0.5) is 0 Å². The molecule has 0 aromatic heterocycles. The van der Waals surface area contributed by atoms with Crippen molar-refractivity contribution in [3.8, 4) is 0 Å². The molecule has 0 amide bonds. The number of rotatable bonds is 1. The molecule has 5 nitrogen and oxygen atoms in total. The maximum atomic E-state index is 10.4. The van der Waals surface area contributed by atoms with Crippen molar-refractivity contribution in [1.82, 2.24) is 0 Å². The van der Waals surface area contributed by atoms with E-state index in [1.807, 2.05) is 0 Å². The van der Waals surface area contributed by atoms with E-state index in [4.69, 9.17) is 0 Å². The van der Waals surface area contributed by atoms with Crippen molar-refractivity contribution < 1.29 is 4.92 Å². The summed E-state index contributed by atoms with van der Waals surface area (Å²) in [4.78, 5) is 9.96. The highest BCUT2D eigenvalue weighted by molar-refractivity contribution is 9.18. The summed E-state index contributed by atoms with van der Waals surface area (Å²) in [6.45, 7) is 0. The molecule has 1 atom stereocenters. The lowest BCUT2D eigenvalue weighted by Gasteiger charge is -2.06. The van der Waals surface area contributed by atoms with Gasteiger partial charge in [-0.05, 0) is 15.9 Å². The van der Waals surface area contributed by atoms with Gasteiger partial charge in [0.2, 0.25) is 0 Å². The second-order valence-corrected chi connectivity index (χ2v) is 3.42. The number of allylic oxidation sites excluding steroid dienone is 3. The van der Waals surface area contributed by atoms with E-state index in [9.17, 15) is 10.1 Å². The van der Waals surface area contributed by atoms with Crippen LogP contribution in [0.15, 0.2) is 34.1 Å². The van der Waals surface area contributed by atoms with Crippen LogP contribution in [0.2, 0.25) is 0 Å². The summed E-state index contributed by atoms with van der Waals surface area (Å²) in [6.07, 6.45) is 4.60. The molecule has 6 heteroatoms. The smallest absolute Gasteiger partial charge is 0.258 e. The third kappa shape index (κ3) is 1.33. The van der Waals surface area contributed by atoms with Crippen LogP contribution in [-0.2, 0) is 0 Å². The predicted octanol–water partition coefficient (Wildman–Crippen LogP) is 1.50. The first-order valence-electron chi connectivity index (χ1n) is 3.53. The molecule has 0 saturated carbocycles. The molecule has 0 unspecified atom stereocenters. The summed E-state index contributed by atoms with van der Waals surface area (Å²) in [5.41, 5.74) is 0.661. The molecule has 0 spiro atoms. The number of nitrogens with zero attached hydrogens (tertiary/aromatic N) is 3. The molecule has 0 bridgehead atoms. The lowest BCUT2D eigenvalue weighted by molar-refractivity contribution is -0.418. The third-order valence-corrected chi connectivity index (χ3v) is 2.45. The predicted molar refractivity (Wildman–Crippen MR) is 51.5 cm³/mol. The minimum atomic E-state index is -0.443. The number of nitro groups is 1. The molecule has 2 rings (SSSR count). The van der Waals surface area contributed by atoms with Gasteiger partial charge in [-0.15, -0.1) is 5.10 Å². The fourth-order valence-electron chi connectivity index (χ4n) is 1.16. The molecule has 0 saturated heterocycles. The van der Waals surface area contributed by atoms with Gasteiger partial charge < -0.3 is 0 Å². The monoisotopic (exact) mass is 241 g/mol. The van der Waals surface area contributed by atoms with Gasteiger partial charge in [-0.3, -0.25) is 10.1 Å². The summed E-state index contributed by atoms with van der Waals surface area (Å²) in [7, 11) is 0. The molecule has 0 aromatic carbocycles. The molecule has 0 fully saturated rings. The fraction of sp³-hybridized carbons (Fsp3) is 0.143. The van der Waals surface area contributed by atoms with E-state index in [2.05, 4.69) is 26.1 Å². The van der Waals surface area contributed by atoms with E-state index >= 15 is 0 Å². The summed E-state index contributed by atoms with van der Waals surface area (Å²) in [5, 5.41) is 18.0. The second kappa shape index (κ2) is 2.88. The van der Waals surface area contributed by atoms with Crippen molar-refractivity contribution in [1.29, 1.82) is 0 Å². The van der Waals surface area contributed by atoms with Crippen LogP contribution in [0.5, 0.6) is 0 Å². The Bertz CT molecular complexity index is 395. The molecule has 66 valence electrons. The molecule has 1 heterocycles. The number of halogens is 1. The van der Waals surface area contributed by atoms with Crippen LogP contribution < -0.4 is 0 Å². The van der Waals surface area contributed by atoms with Crippen LogP contribution >= 0.6 is 15.9 Å². The molecule has 0 N–H and O–H groups in total. The Morgan fingerprint density at radius 3 is 3.00 bits per heavy atom. The van der Waals surface area contributed by atoms with E-state index in [-0.39, 0.29) is 11.6 Å². The van der Waals surface area contributed by atoms with Gasteiger partial charge in [-0.25, -0.2) is 0 Å². The second-order valence-electron chi connectivity index (χ2n) is 2.61. The lowest BCUT2D eigenvalue weighted by Crippen LogP contribution is -2.16. The first kappa shape index (κ1) is 8.31. The van der Waals surface area contributed by atoms with Crippen molar-refractivity contribution in [3.05, 3.63) is 34.0 Å². The average molecular weight is 242 g/mol. The van der Waals surface area contributed by atoms with Crippen LogP contribution in [-0.4, -0.2) is 15.3 Å². The van der Waals surface area contributed by atoms with Crippen LogP contribution in [0.3, 0.4) is 0 Å². The topological polar surface area (TPSA) is 67.9 Å². The zero-order valence-electron chi connectivity index (χ0n) is 6.35. The molecule has 1 aliphatic carbocycles. The van der Waals surface area contributed by atoms with Gasteiger partial charge in [-0.2, -0.15) is 5.10 Å². The standard InChI is InChI=1S/C7H4BrN3O2/c8-7-5-2-1-4(11(12)13)3-6(5)9-10-7/h1-3,5H/t5-/m0/s1. The van der Waals surface area contributed by atoms with Crippen LogP contribution in [0, 0.1) is 16.0 Å². The van der Waals surface area contributed by atoms with E-state index in [1.54, 1.807) is 6.08 Å². The van der Waals surface area contributed by atoms with E-state index in [0.717, 1.165) is 0 Å². The summed E-state index contributed by atoms with van der Waals surface area (Å²) in [5.74, 6) is -0.0382. The maximum absolute atomic E-state index is 10.4. The average Bonchev–Trinajstić information content (AvgIpc) is 2.47. The van der Waals surface area contributed by atoms with Gasteiger partial charge in [0.15, 0.2) is 0 Å². The molecular formula is C7H4BrN3O2. The van der Waals surface area contributed by atoms with Gasteiger partial charge >= 0.3 is 0 Å². The SMILES string of the molecule is O=[N+]([O-])C1=CC2=NN=C(Br)[C@H]2C=C1. The zero-order valence-corrected chi connectivity index (χ0v) is 7.93. The number of hydrogen-bond donors (Lipinski definition) is 0. The summed E-state index contributed by atoms with van der Waals surface area (Å²) >= 11 is 3.22. The van der Waals surface area contributed by atoms with Crippen molar-refractivity contribution >= 4 is 26.3 Å². The summed E-state index contributed by atoms with van der Waals surface area (Å²) < 4.78 is 0.692. The minimum Gasteiger partial charge on any atom is -0.258 e. The highest BCUT2D eigenvalue weighted by Crippen LogP contribution is 2.23. The van der Waals surface area contributed by atoms with E-state index in [0.29, 0.717) is 10.3 Å². The van der Waals surface area contributed by atoms with Crippen LogP contribution in [0.1, 0.15) is 0 Å². The van der Waals surface area contributed by atoms with E-state index < -0.39 is 4.92 Å². The van der Waals surface area contributed by atoms with Gasteiger partial charge in [0.25, 0.3) is 5.70 Å². The zero-order chi connectivity index (χ0) is 9.42. The Hall–Kier alpha value is -1.30. The molecule has 1 aliphatic heterocycles. The maximum Gasteiger partial charge on any atom is 0.271 e. The fourth-order valence-corrected chi connectivity index (χ4v) is 1.62. The van der Waals surface area contributed by atoms with Gasteiger partial charge in [0, 0.05) is 12.2 Å². The van der Waals surface area contributed by atoms with Crippen molar-refractivity contribution in [2.45, 2.75) is 0 Å². The first-order valence-corrected chi connectivity index (χ1v) is 4.33. The molecule has 0 aromatic rings. The Morgan fingerprint density at radius 2 is 2.31 bits per heavy atom. The quantitative estimate of drug-likeness (QED) is 0.516. The van der Waals surface area contributed by atoms with Crippen LogP contribution in [0.25, 0.3) is 0 Å². The van der Waals surface area contributed by atoms with Crippen molar-refractivity contribution in [3.63, 3.8) is 0 Å². The Labute approximate surface area is 81.8 Å². The largest absolute Gasteiger partial charge is 0.271 e. The van der Waals surface area contributed by atoms with Crippen molar-refractivity contribution in [2.24, 2.45) is 16.1 Å². The number of hydrogen-bond acceptors (Lipinski definition) is 4. The third-order valence-electron chi connectivity index (χ3n) is 1.80. The normalized spacial score (nSPS) is 24.7. The van der Waals surface area contributed by atoms with Gasteiger partial charge in [0.05, 0.1) is 16.6 Å². The Kier molecular flexibility index (Phi) is 1.84. The van der Waals surface area contributed by atoms with Gasteiger partial charge in [-0.1, -0.05) is 6.08 Å². The molecule has 13 heavy (non-hydrogen) atoms. The molecule has 0 radical (unpaired) electrons. The van der Waals surface area contributed by atoms with Gasteiger partial charge in [0.1, 0.15) is 4.62 Å². The Balaban J connectivity index is 2.33. The Morgan fingerprint density at radius 1 is 1.54 bits per heavy atom. The molecule has 2 aliphatic rings. The van der Waals surface area contributed by atoms with Crippen molar-refractivity contribution in [2.75, 3.05) is 0 Å². The number of fused-ring (bicyclic) bond motifs is 1. The summed E-state index contributed by atoms with van der Waals surface area (Å²) in [6, 6.07) is 0. The molecular weight excluding hydrogens is 238 g/mol. The minimum absolute atomic E-state index is 0.0382. The highest BCUT2D eigenvalue weighted by atomic mass is 79.9. The first-order chi connectivity index (χ1) is 6.18.